The summed E-state index contributed by atoms with van der Waals surface area (Å²) in [5, 5.41) is 17.8. The van der Waals surface area contributed by atoms with Crippen molar-refractivity contribution in [1.82, 2.24) is 45.2 Å². The van der Waals surface area contributed by atoms with Crippen molar-refractivity contribution in [1.29, 1.82) is 0 Å². The van der Waals surface area contributed by atoms with E-state index >= 15 is 0 Å². The lowest BCUT2D eigenvalue weighted by Gasteiger charge is -2.10. The smallest absolute Gasteiger partial charge is 0.270 e. The normalized spacial score (nSPS) is 12.9. The van der Waals surface area contributed by atoms with Crippen molar-refractivity contribution in [2.45, 2.75) is 46.1 Å². The predicted molar refractivity (Wildman–Crippen MR) is 146 cm³/mol. The Morgan fingerprint density at radius 1 is 1.03 bits per heavy atom. The summed E-state index contributed by atoms with van der Waals surface area (Å²) in [4.78, 5) is 31.0. The van der Waals surface area contributed by atoms with E-state index in [9.17, 15) is 4.79 Å². The van der Waals surface area contributed by atoms with E-state index in [1.54, 1.807) is 17.1 Å². The largest absolute Gasteiger partial charge is 0.347 e. The molecule has 5 heterocycles. The van der Waals surface area contributed by atoms with Crippen LogP contribution in [0.4, 0.5) is 11.6 Å². The second-order valence-corrected chi connectivity index (χ2v) is 9.84. The maximum absolute atomic E-state index is 12.9. The molecular weight excluding hydrogens is 492 g/mol. The minimum Gasteiger partial charge on any atom is -0.347 e. The maximum Gasteiger partial charge on any atom is 0.270 e. The number of carbonyl (C=O) groups excluding carboxylic acids is 1. The molecular formula is C28H28N10O. The van der Waals surface area contributed by atoms with Crippen molar-refractivity contribution >= 4 is 17.5 Å². The molecule has 1 amide bonds. The second-order valence-electron chi connectivity index (χ2n) is 9.84. The van der Waals surface area contributed by atoms with E-state index in [1.165, 1.54) is 12.8 Å². The van der Waals surface area contributed by atoms with Crippen LogP contribution in [0.15, 0.2) is 55.0 Å². The molecule has 1 aliphatic rings. The third-order valence-corrected chi connectivity index (χ3v) is 6.47. The van der Waals surface area contributed by atoms with Gasteiger partial charge in [-0.05, 0) is 62.9 Å². The zero-order valence-corrected chi connectivity index (χ0v) is 21.9. The Morgan fingerprint density at radius 2 is 1.90 bits per heavy atom. The molecule has 6 rings (SSSR count). The highest BCUT2D eigenvalue weighted by Gasteiger charge is 2.26. The number of pyridine rings is 2. The fraction of sp³-hybridized carbons (Fsp3) is 0.250. The van der Waals surface area contributed by atoms with Crippen molar-refractivity contribution in [3.63, 3.8) is 0 Å². The molecule has 0 atom stereocenters. The molecule has 0 spiro atoms. The van der Waals surface area contributed by atoms with Gasteiger partial charge in [-0.2, -0.15) is 10.2 Å². The number of nitrogens with one attached hydrogen (secondary N) is 3. The van der Waals surface area contributed by atoms with E-state index in [1.807, 2.05) is 57.3 Å². The van der Waals surface area contributed by atoms with Crippen LogP contribution >= 0.6 is 0 Å². The third kappa shape index (κ3) is 5.52. The standard InChI is InChI=1S/C28H28N10O/c1-16-10-21(27-32-17(2)11-23(34-27)33-24-12-18(3)35-36-24)15-30-26(16)28(39)31-14-19-4-7-25(29-13-19)38-9-8-22(37-38)20-5-6-20/h4,7-13,15,20H,5-6,14H2,1-3H3,(H,31,39)(H2,32,33,34,35,36). The lowest BCUT2D eigenvalue weighted by atomic mass is 10.1. The van der Waals surface area contributed by atoms with Crippen LogP contribution in [0.5, 0.6) is 0 Å². The summed E-state index contributed by atoms with van der Waals surface area (Å²) in [5.74, 6) is 2.90. The molecule has 0 bridgehead atoms. The molecule has 1 fully saturated rings. The Hall–Kier alpha value is -4.93. The molecule has 0 saturated heterocycles. The van der Waals surface area contributed by atoms with Crippen molar-refractivity contribution in [2.75, 3.05) is 5.32 Å². The fourth-order valence-electron chi connectivity index (χ4n) is 4.30. The number of hydrogen-bond donors (Lipinski definition) is 3. The number of hydrogen-bond acceptors (Lipinski definition) is 8. The van der Waals surface area contributed by atoms with Crippen LogP contribution < -0.4 is 10.6 Å². The van der Waals surface area contributed by atoms with Gasteiger partial charge in [0.25, 0.3) is 5.91 Å². The average Bonchev–Trinajstić information content (AvgIpc) is 3.51. The molecule has 0 radical (unpaired) electrons. The lowest BCUT2D eigenvalue weighted by molar-refractivity contribution is 0.0945. The molecule has 0 aliphatic heterocycles. The van der Waals surface area contributed by atoms with Crippen LogP contribution in [0.3, 0.4) is 0 Å². The van der Waals surface area contributed by atoms with Crippen molar-refractivity contribution < 1.29 is 4.79 Å². The molecule has 1 aliphatic carbocycles. The van der Waals surface area contributed by atoms with Crippen LogP contribution in [0.25, 0.3) is 17.2 Å². The molecule has 5 aromatic rings. The first kappa shape index (κ1) is 24.4. The molecule has 11 heteroatoms. The van der Waals surface area contributed by atoms with Gasteiger partial charge in [0.1, 0.15) is 11.5 Å². The average molecular weight is 521 g/mol. The second kappa shape index (κ2) is 10.1. The molecule has 0 aromatic carbocycles. The summed E-state index contributed by atoms with van der Waals surface area (Å²) in [7, 11) is 0. The van der Waals surface area contributed by atoms with Crippen molar-refractivity contribution in [2.24, 2.45) is 0 Å². The minimum absolute atomic E-state index is 0.259. The van der Waals surface area contributed by atoms with Gasteiger partial charge in [0, 0.05) is 60.1 Å². The van der Waals surface area contributed by atoms with Crippen LogP contribution in [-0.2, 0) is 6.54 Å². The van der Waals surface area contributed by atoms with Gasteiger partial charge in [0.15, 0.2) is 17.5 Å². The van der Waals surface area contributed by atoms with Gasteiger partial charge < -0.3 is 10.6 Å². The predicted octanol–water partition coefficient (Wildman–Crippen LogP) is 4.32. The van der Waals surface area contributed by atoms with Gasteiger partial charge in [-0.25, -0.2) is 19.6 Å². The van der Waals surface area contributed by atoms with Gasteiger partial charge in [-0.3, -0.25) is 14.9 Å². The Morgan fingerprint density at radius 3 is 2.62 bits per heavy atom. The van der Waals surface area contributed by atoms with E-state index in [2.05, 4.69) is 51.9 Å². The summed E-state index contributed by atoms with van der Waals surface area (Å²) >= 11 is 0. The highest BCUT2D eigenvalue weighted by atomic mass is 16.1. The number of H-pyrrole nitrogens is 1. The first-order valence-electron chi connectivity index (χ1n) is 12.8. The van der Waals surface area contributed by atoms with Crippen LogP contribution in [0, 0.1) is 20.8 Å². The summed E-state index contributed by atoms with van der Waals surface area (Å²) < 4.78 is 1.79. The lowest BCUT2D eigenvalue weighted by Crippen LogP contribution is -2.24. The number of anilines is 2. The number of nitrogens with zero attached hydrogens (tertiary/aromatic N) is 7. The topological polar surface area (TPSA) is 139 Å². The van der Waals surface area contributed by atoms with Crippen molar-refractivity contribution in [3.8, 4) is 17.2 Å². The number of aromatic nitrogens is 8. The van der Waals surface area contributed by atoms with E-state index in [0.29, 0.717) is 35.6 Å². The van der Waals surface area contributed by atoms with Gasteiger partial charge in [0.2, 0.25) is 0 Å². The quantitative estimate of drug-likeness (QED) is 0.275. The number of aromatic amines is 1. The summed E-state index contributed by atoms with van der Waals surface area (Å²) in [6.07, 6.45) is 7.74. The number of amides is 1. The van der Waals surface area contributed by atoms with E-state index < -0.39 is 0 Å². The first-order chi connectivity index (χ1) is 18.9. The number of carbonyl (C=O) groups is 1. The summed E-state index contributed by atoms with van der Waals surface area (Å²) in [6.45, 7) is 6.02. The third-order valence-electron chi connectivity index (χ3n) is 6.47. The highest BCUT2D eigenvalue weighted by molar-refractivity contribution is 5.94. The van der Waals surface area contributed by atoms with Gasteiger partial charge in [0.05, 0.1) is 5.69 Å². The molecule has 0 unspecified atom stereocenters. The van der Waals surface area contributed by atoms with E-state index in [-0.39, 0.29) is 5.91 Å². The minimum atomic E-state index is -0.259. The first-order valence-corrected chi connectivity index (χ1v) is 12.8. The summed E-state index contributed by atoms with van der Waals surface area (Å²) in [6, 6.07) is 11.5. The fourth-order valence-corrected chi connectivity index (χ4v) is 4.30. The van der Waals surface area contributed by atoms with Crippen LogP contribution in [0.1, 0.15) is 57.5 Å². The highest BCUT2D eigenvalue weighted by Crippen LogP contribution is 2.39. The zero-order chi connectivity index (χ0) is 26.9. The Kier molecular flexibility index (Phi) is 6.31. The van der Waals surface area contributed by atoms with Gasteiger partial charge in [-0.1, -0.05) is 6.07 Å². The molecule has 11 nitrogen and oxygen atoms in total. The number of rotatable bonds is 8. The maximum atomic E-state index is 12.9. The monoisotopic (exact) mass is 520 g/mol. The molecule has 39 heavy (non-hydrogen) atoms. The Labute approximate surface area is 225 Å². The van der Waals surface area contributed by atoms with Crippen LogP contribution in [-0.4, -0.2) is 45.8 Å². The zero-order valence-electron chi connectivity index (χ0n) is 21.9. The van der Waals surface area contributed by atoms with Crippen molar-refractivity contribution in [3.05, 3.63) is 88.9 Å². The van der Waals surface area contributed by atoms with E-state index in [4.69, 9.17) is 0 Å². The van der Waals surface area contributed by atoms with E-state index in [0.717, 1.165) is 39.6 Å². The van der Waals surface area contributed by atoms with Crippen LogP contribution in [0.2, 0.25) is 0 Å². The molecule has 5 aromatic heterocycles. The molecule has 3 N–H and O–H groups in total. The Bertz CT molecular complexity index is 1650. The molecule has 1 saturated carbocycles. The SMILES string of the molecule is Cc1cc(Nc2cc(C)[nH]n2)nc(-c2cnc(C(=O)NCc3ccc(-n4ccc(C5CC5)n4)nc3)c(C)c2)n1. The van der Waals surface area contributed by atoms with Gasteiger partial charge in [-0.15, -0.1) is 0 Å². The van der Waals surface area contributed by atoms with Gasteiger partial charge >= 0.3 is 0 Å². The molecule has 196 valence electrons. The Balaban J connectivity index is 1.11. The summed E-state index contributed by atoms with van der Waals surface area (Å²) in [5.41, 5.74) is 5.55. The number of aryl methyl sites for hydroxylation is 3.